The fourth-order valence-corrected chi connectivity index (χ4v) is 3.69. The van der Waals surface area contributed by atoms with Crippen LogP contribution in [0.4, 0.5) is 5.13 Å². The molecule has 0 radical (unpaired) electrons. The van der Waals surface area contributed by atoms with Crippen LogP contribution in [-0.4, -0.2) is 44.9 Å². The highest BCUT2D eigenvalue weighted by molar-refractivity contribution is 7.15. The minimum absolute atomic E-state index is 0.0610. The Morgan fingerprint density at radius 2 is 2.25 bits per heavy atom. The van der Waals surface area contributed by atoms with Gasteiger partial charge in [-0.05, 0) is 26.8 Å². The van der Waals surface area contributed by atoms with Crippen LogP contribution in [0.3, 0.4) is 0 Å². The number of methoxy groups -OCH3 is 2. The highest BCUT2D eigenvalue weighted by Crippen LogP contribution is 2.32. The molecule has 1 aliphatic rings. The third-order valence-electron chi connectivity index (χ3n) is 3.81. The van der Waals surface area contributed by atoms with E-state index in [0.29, 0.717) is 6.61 Å². The summed E-state index contributed by atoms with van der Waals surface area (Å²) in [7, 11) is 5.47. The summed E-state index contributed by atoms with van der Waals surface area (Å²) in [6.45, 7) is 5.55. The monoisotopic (exact) mass is 299 g/mol. The van der Waals surface area contributed by atoms with E-state index in [1.807, 2.05) is 7.05 Å². The Bertz CT molecular complexity index is 415. The summed E-state index contributed by atoms with van der Waals surface area (Å²) in [6, 6.07) is 0. The molecule has 114 valence electrons. The largest absolute Gasteiger partial charge is 0.378 e. The number of ether oxygens (including phenoxy) is 2. The molecule has 0 amide bonds. The van der Waals surface area contributed by atoms with E-state index in [4.69, 9.17) is 14.5 Å². The number of hydrogen-bond donors (Lipinski definition) is 1. The van der Waals surface area contributed by atoms with Gasteiger partial charge in [-0.25, -0.2) is 4.98 Å². The summed E-state index contributed by atoms with van der Waals surface area (Å²) in [5, 5.41) is 4.29. The molecule has 1 unspecified atom stereocenters. The topological polar surface area (TPSA) is 46.6 Å². The van der Waals surface area contributed by atoms with Gasteiger partial charge in [-0.15, -0.1) is 11.3 Å². The Balaban J connectivity index is 2.17. The summed E-state index contributed by atoms with van der Waals surface area (Å²) in [5.74, 6) is 0. The van der Waals surface area contributed by atoms with Crippen molar-refractivity contribution in [3.8, 4) is 0 Å². The van der Waals surface area contributed by atoms with Crippen LogP contribution in [0.2, 0.25) is 0 Å². The molecule has 1 fully saturated rings. The van der Waals surface area contributed by atoms with Gasteiger partial charge in [0.05, 0.1) is 17.9 Å². The molecule has 1 aromatic rings. The van der Waals surface area contributed by atoms with E-state index in [1.165, 1.54) is 4.88 Å². The van der Waals surface area contributed by atoms with Gasteiger partial charge in [-0.2, -0.15) is 0 Å². The van der Waals surface area contributed by atoms with Crippen LogP contribution in [0.5, 0.6) is 0 Å². The summed E-state index contributed by atoms with van der Waals surface area (Å²) in [4.78, 5) is 8.37. The first kappa shape index (κ1) is 15.7. The molecule has 1 saturated heterocycles. The zero-order valence-electron chi connectivity index (χ0n) is 12.9. The second-order valence-electron chi connectivity index (χ2n) is 5.51. The maximum absolute atomic E-state index is 5.66. The van der Waals surface area contributed by atoms with Crippen LogP contribution in [0.25, 0.3) is 0 Å². The Kier molecular flexibility index (Phi) is 5.37. The van der Waals surface area contributed by atoms with Gasteiger partial charge in [-0.3, -0.25) is 0 Å². The van der Waals surface area contributed by atoms with E-state index in [1.54, 1.807) is 25.6 Å². The van der Waals surface area contributed by atoms with Gasteiger partial charge >= 0.3 is 0 Å². The number of rotatable bonds is 6. The minimum Gasteiger partial charge on any atom is -0.378 e. The van der Waals surface area contributed by atoms with Crippen LogP contribution in [0.1, 0.15) is 30.3 Å². The molecule has 1 N–H and O–H groups in total. The van der Waals surface area contributed by atoms with Crippen LogP contribution in [0.15, 0.2) is 0 Å². The van der Waals surface area contributed by atoms with Gasteiger partial charge in [0.1, 0.15) is 0 Å². The van der Waals surface area contributed by atoms with Crippen LogP contribution >= 0.6 is 11.3 Å². The van der Waals surface area contributed by atoms with E-state index < -0.39 is 0 Å². The van der Waals surface area contributed by atoms with E-state index in [2.05, 4.69) is 17.1 Å². The fourth-order valence-electron chi connectivity index (χ4n) is 2.59. The van der Waals surface area contributed by atoms with Crippen molar-refractivity contribution in [3.05, 3.63) is 10.6 Å². The highest BCUT2D eigenvalue weighted by atomic mass is 32.1. The average Bonchev–Trinajstić information content (AvgIpc) is 2.83. The second kappa shape index (κ2) is 6.85. The molecule has 6 heteroatoms. The SMILES string of the molecule is CNCc1sc(N2CCCC(C)(OC)C2)nc1COC. The van der Waals surface area contributed by atoms with Gasteiger partial charge < -0.3 is 19.7 Å². The number of piperidine rings is 1. The third kappa shape index (κ3) is 3.49. The van der Waals surface area contributed by atoms with Crippen molar-refractivity contribution in [2.24, 2.45) is 0 Å². The lowest BCUT2D eigenvalue weighted by Crippen LogP contribution is -2.47. The first-order chi connectivity index (χ1) is 9.61. The molecule has 0 aromatic carbocycles. The third-order valence-corrected chi connectivity index (χ3v) is 4.97. The minimum atomic E-state index is -0.0610. The van der Waals surface area contributed by atoms with E-state index in [-0.39, 0.29) is 5.60 Å². The van der Waals surface area contributed by atoms with Crippen LogP contribution in [0, 0.1) is 0 Å². The lowest BCUT2D eigenvalue weighted by molar-refractivity contribution is -0.00467. The van der Waals surface area contributed by atoms with E-state index in [9.17, 15) is 0 Å². The first-order valence-electron chi connectivity index (χ1n) is 7.04. The summed E-state index contributed by atoms with van der Waals surface area (Å²) >= 11 is 1.76. The lowest BCUT2D eigenvalue weighted by atomic mass is 9.95. The first-order valence-corrected chi connectivity index (χ1v) is 7.86. The molecule has 0 aliphatic carbocycles. The fraction of sp³-hybridized carbons (Fsp3) is 0.786. The molecule has 2 rings (SSSR count). The zero-order valence-corrected chi connectivity index (χ0v) is 13.7. The predicted octanol–water partition coefficient (Wildman–Crippen LogP) is 2.01. The molecular weight excluding hydrogens is 274 g/mol. The number of thiazole rings is 1. The number of hydrogen-bond acceptors (Lipinski definition) is 6. The summed E-state index contributed by atoms with van der Waals surface area (Å²) in [6.07, 6.45) is 2.25. The molecule has 20 heavy (non-hydrogen) atoms. The lowest BCUT2D eigenvalue weighted by Gasteiger charge is -2.39. The molecule has 0 saturated carbocycles. The van der Waals surface area contributed by atoms with Crippen LogP contribution < -0.4 is 10.2 Å². The Morgan fingerprint density at radius 3 is 2.90 bits per heavy atom. The second-order valence-corrected chi connectivity index (χ2v) is 6.57. The van der Waals surface area contributed by atoms with Crippen molar-refractivity contribution in [3.63, 3.8) is 0 Å². The van der Waals surface area contributed by atoms with E-state index >= 15 is 0 Å². The van der Waals surface area contributed by atoms with Crippen molar-refractivity contribution >= 4 is 16.5 Å². The Morgan fingerprint density at radius 1 is 1.45 bits per heavy atom. The van der Waals surface area contributed by atoms with Gasteiger partial charge in [0, 0.05) is 38.7 Å². The number of nitrogens with one attached hydrogen (secondary N) is 1. The molecule has 0 bridgehead atoms. The smallest absolute Gasteiger partial charge is 0.186 e. The van der Waals surface area contributed by atoms with Gasteiger partial charge in [0.25, 0.3) is 0 Å². The van der Waals surface area contributed by atoms with Crippen molar-refractivity contribution in [2.75, 3.05) is 39.3 Å². The van der Waals surface area contributed by atoms with Gasteiger partial charge in [-0.1, -0.05) is 0 Å². The normalized spacial score (nSPS) is 23.3. The number of aromatic nitrogens is 1. The van der Waals surface area contributed by atoms with Gasteiger partial charge in [0.15, 0.2) is 5.13 Å². The molecular formula is C14H25N3O2S. The molecule has 0 spiro atoms. The quantitative estimate of drug-likeness (QED) is 0.871. The molecule has 2 heterocycles. The maximum atomic E-state index is 5.66. The van der Waals surface area contributed by atoms with Crippen LogP contribution in [-0.2, 0) is 22.6 Å². The zero-order chi connectivity index (χ0) is 14.6. The summed E-state index contributed by atoms with van der Waals surface area (Å²) < 4.78 is 10.9. The molecule has 1 aromatic heterocycles. The average molecular weight is 299 g/mol. The number of nitrogens with zero attached hydrogens (tertiary/aromatic N) is 2. The van der Waals surface area contributed by atoms with Crippen molar-refractivity contribution < 1.29 is 9.47 Å². The van der Waals surface area contributed by atoms with E-state index in [0.717, 1.165) is 43.3 Å². The van der Waals surface area contributed by atoms with Gasteiger partial charge in [0.2, 0.25) is 0 Å². The molecule has 1 aliphatic heterocycles. The Hall–Kier alpha value is -0.690. The van der Waals surface area contributed by atoms with Crippen molar-refractivity contribution in [1.29, 1.82) is 0 Å². The number of anilines is 1. The highest BCUT2D eigenvalue weighted by Gasteiger charge is 2.32. The van der Waals surface area contributed by atoms with Crippen molar-refractivity contribution in [1.82, 2.24) is 10.3 Å². The summed E-state index contributed by atoms with van der Waals surface area (Å²) in [5.41, 5.74) is 0.987. The maximum Gasteiger partial charge on any atom is 0.186 e. The predicted molar refractivity (Wildman–Crippen MR) is 82.5 cm³/mol. The standard InChI is InChI=1S/C14H25N3O2S/c1-14(19-4)6-5-7-17(10-14)13-16-11(9-18-3)12(20-13)8-15-2/h15H,5-10H2,1-4H3. The molecule has 1 atom stereocenters. The Labute approximate surface area is 125 Å². The molecule has 5 nitrogen and oxygen atoms in total. The van der Waals surface area contributed by atoms with Crippen molar-refractivity contribution in [2.45, 2.75) is 38.5 Å².